The van der Waals surface area contributed by atoms with Gasteiger partial charge in [0, 0.05) is 17.8 Å². The van der Waals surface area contributed by atoms with Crippen LogP contribution in [-0.4, -0.2) is 14.8 Å². The number of hydrogen-bond donors (Lipinski definition) is 0. The molecule has 0 aliphatic heterocycles. The zero-order valence-corrected chi connectivity index (χ0v) is 11.0. The van der Waals surface area contributed by atoms with Crippen LogP contribution in [0.5, 0.6) is 0 Å². The minimum absolute atomic E-state index is 0.575. The maximum atomic E-state index is 8.95. The first-order chi connectivity index (χ1) is 9.79. The van der Waals surface area contributed by atoms with Crippen molar-refractivity contribution < 1.29 is 0 Å². The van der Waals surface area contributed by atoms with Gasteiger partial charge in [-0.05, 0) is 18.6 Å². The molecule has 4 nitrogen and oxygen atoms in total. The van der Waals surface area contributed by atoms with E-state index < -0.39 is 0 Å². The molecule has 0 amide bonds. The lowest BCUT2D eigenvalue weighted by atomic mass is 10.1. The molecule has 96 valence electrons. The van der Waals surface area contributed by atoms with E-state index in [-0.39, 0.29) is 0 Å². The third-order valence-electron chi connectivity index (χ3n) is 3.19. The van der Waals surface area contributed by atoms with E-state index in [1.165, 1.54) is 0 Å². The lowest BCUT2D eigenvalue weighted by molar-refractivity contribution is 0.817. The summed E-state index contributed by atoms with van der Waals surface area (Å²) in [4.78, 5) is 4.27. The first-order valence-electron chi connectivity index (χ1n) is 6.26. The smallest absolute Gasteiger partial charge is 0.154 e. The molecule has 0 aliphatic rings. The highest BCUT2D eigenvalue weighted by molar-refractivity contribution is 5.65. The molecule has 0 radical (unpaired) electrons. The molecule has 0 atom stereocenters. The van der Waals surface area contributed by atoms with Crippen LogP contribution >= 0.6 is 0 Å². The molecule has 3 rings (SSSR count). The van der Waals surface area contributed by atoms with Crippen LogP contribution in [0.4, 0.5) is 0 Å². The second-order valence-corrected chi connectivity index (χ2v) is 4.44. The number of nitriles is 1. The first kappa shape index (κ1) is 12.1. The summed E-state index contributed by atoms with van der Waals surface area (Å²) in [5.74, 6) is 0.656. The van der Waals surface area contributed by atoms with Crippen molar-refractivity contribution in [3.05, 3.63) is 66.1 Å². The van der Waals surface area contributed by atoms with Gasteiger partial charge >= 0.3 is 0 Å². The van der Waals surface area contributed by atoms with Crippen molar-refractivity contribution in [3.8, 4) is 23.0 Å². The quantitative estimate of drug-likeness (QED) is 0.711. The first-order valence-corrected chi connectivity index (χ1v) is 6.26. The van der Waals surface area contributed by atoms with Crippen LogP contribution in [0.1, 0.15) is 11.3 Å². The second kappa shape index (κ2) is 4.98. The van der Waals surface area contributed by atoms with E-state index in [4.69, 9.17) is 5.26 Å². The van der Waals surface area contributed by atoms with Gasteiger partial charge in [0.15, 0.2) is 5.82 Å². The van der Waals surface area contributed by atoms with Gasteiger partial charge in [-0.1, -0.05) is 30.3 Å². The van der Waals surface area contributed by atoms with Crippen LogP contribution in [0.25, 0.3) is 16.9 Å². The van der Waals surface area contributed by atoms with Crippen LogP contribution in [0.2, 0.25) is 0 Å². The van der Waals surface area contributed by atoms with Gasteiger partial charge in [-0.15, -0.1) is 0 Å². The molecule has 3 aromatic rings. The zero-order valence-electron chi connectivity index (χ0n) is 11.0. The third kappa shape index (κ3) is 2.06. The lowest BCUT2D eigenvalue weighted by Gasteiger charge is -2.05. The fraction of sp³-hybridized carbons (Fsp3) is 0.0625. The summed E-state index contributed by atoms with van der Waals surface area (Å²) in [5.41, 5.74) is 3.76. The monoisotopic (exact) mass is 260 g/mol. The maximum Gasteiger partial charge on any atom is 0.154 e. The summed E-state index contributed by atoms with van der Waals surface area (Å²) in [6, 6.07) is 15.6. The van der Waals surface area contributed by atoms with Crippen LogP contribution in [-0.2, 0) is 0 Å². The largest absolute Gasteiger partial charge is 0.237 e. The SMILES string of the molecule is Cc1c(-c2ccccc2)cnn1-c1cc(C#N)ccn1. The van der Waals surface area contributed by atoms with Crippen molar-refractivity contribution in [2.24, 2.45) is 0 Å². The normalized spacial score (nSPS) is 10.2. The van der Waals surface area contributed by atoms with E-state index in [1.807, 2.05) is 43.5 Å². The van der Waals surface area contributed by atoms with E-state index in [0.29, 0.717) is 11.4 Å². The summed E-state index contributed by atoms with van der Waals surface area (Å²) >= 11 is 0. The summed E-state index contributed by atoms with van der Waals surface area (Å²) < 4.78 is 1.75. The second-order valence-electron chi connectivity index (χ2n) is 4.44. The minimum atomic E-state index is 0.575. The molecule has 0 saturated carbocycles. The van der Waals surface area contributed by atoms with Crippen molar-refractivity contribution in [2.75, 3.05) is 0 Å². The molecule has 2 aromatic heterocycles. The van der Waals surface area contributed by atoms with Gasteiger partial charge in [-0.3, -0.25) is 0 Å². The molecule has 0 bridgehead atoms. The van der Waals surface area contributed by atoms with E-state index >= 15 is 0 Å². The van der Waals surface area contributed by atoms with E-state index in [2.05, 4.69) is 16.2 Å². The minimum Gasteiger partial charge on any atom is -0.237 e. The molecular weight excluding hydrogens is 248 g/mol. The van der Waals surface area contributed by atoms with Crippen LogP contribution < -0.4 is 0 Å². The van der Waals surface area contributed by atoms with E-state index in [1.54, 1.807) is 23.0 Å². The predicted octanol–water partition coefficient (Wildman–Crippen LogP) is 3.11. The Kier molecular flexibility index (Phi) is 3.02. The summed E-state index contributed by atoms with van der Waals surface area (Å²) in [5, 5.41) is 13.3. The van der Waals surface area contributed by atoms with E-state index in [0.717, 1.165) is 16.8 Å². The Labute approximate surface area is 116 Å². The fourth-order valence-electron chi connectivity index (χ4n) is 2.15. The van der Waals surface area contributed by atoms with Crippen molar-refractivity contribution in [2.45, 2.75) is 6.92 Å². The Bertz CT molecular complexity index is 782. The zero-order chi connectivity index (χ0) is 13.9. The number of rotatable bonds is 2. The highest BCUT2D eigenvalue weighted by atomic mass is 15.3. The van der Waals surface area contributed by atoms with Gasteiger partial charge < -0.3 is 0 Å². The highest BCUT2D eigenvalue weighted by Crippen LogP contribution is 2.24. The molecule has 1 aromatic carbocycles. The van der Waals surface area contributed by atoms with Crippen LogP contribution in [0.15, 0.2) is 54.9 Å². The van der Waals surface area contributed by atoms with Gasteiger partial charge in [0.1, 0.15) is 0 Å². The predicted molar refractivity (Wildman–Crippen MR) is 76.2 cm³/mol. The van der Waals surface area contributed by atoms with Crippen molar-refractivity contribution in [1.29, 1.82) is 5.26 Å². The van der Waals surface area contributed by atoms with Crippen LogP contribution in [0.3, 0.4) is 0 Å². The van der Waals surface area contributed by atoms with Gasteiger partial charge in [0.2, 0.25) is 0 Å². The third-order valence-corrected chi connectivity index (χ3v) is 3.19. The fourth-order valence-corrected chi connectivity index (χ4v) is 2.15. The standard InChI is InChI=1S/C16H12N4/c1-12-15(14-5-3-2-4-6-14)11-19-20(12)16-9-13(10-17)7-8-18-16/h2-9,11H,1H3. The molecule has 0 aliphatic carbocycles. The number of hydrogen-bond acceptors (Lipinski definition) is 3. The molecule has 2 heterocycles. The van der Waals surface area contributed by atoms with Gasteiger partial charge in [-0.25, -0.2) is 9.67 Å². The molecule has 0 N–H and O–H groups in total. The Morgan fingerprint density at radius 2 is 1.95 bits per heavy atom. The molecule has 0 saturated heterocycles. The molecule has 0 spiro atoms. The molecular formula is C16H12N4. The van der Waals surface area contributed by atoms with Gasteiger partial charge in [0.25, 0.3) is 0 Å². The van der Waals surface area contributed by atoms with Gasteiger partial charge in [0.05, 0.1) is 23.5 Å². The number of nitrogens with zero attached hydrogens (tertiary/aromatic N) is 4. The molecule has 0 fully saturated rings. The number of benzene rings is 1. The van der Waals surface area contributed by atoms with Crippen molar-refractivity contribution in [1.82, 2.24) is 14.8 Å². The Morgan fingerprint density at radius 1 is 1.15 bits per heavy atom. The average Bonchev–Trinajstić information content (AvgIpc) is 2.90. The Hall–Kier alpha value is -2.93. The molecule has 0 unspecified atom stereocenters. The molecule has 20 heavy (non-hydrogen) atoms. The lowest BCUT2D eigenvalue weighted by Crippen LogP contribution is -2.01. The highest BCUT2D eigenvalue weighted by Gasteiger charge is 2.10. The number of pyridine rings is 1. The van der Waals surface area contributed by atoms with Crippen LogP contribution in [0, 0.1) is 18.3 Å². The van der Waals surface area contributed by atoms with Crippen molar-refractivity contribution in [3.63, 3.8) is 0 Å². The topological polar surface area (TPSA) is 54.5 Å². The summed E-state index contributed by atoms with van der Waals surface area (Å²) in [6.07, 6.45) is 3.45. The maximum absolute atomic E-state index is 8.95. The average molecular weight is 260 g/mol. The summed E-state index contributed by atoms with van der Waals surface area (Å²) in [6.45, 7) is 2.00. The van der Waals surface area contributed by atoms with E-state index in [9.17, 15) is 0 Å². The Balaban J connectivity index is 2.09. The molecule has 4 heteroatoms. The summed E-state index contributed by atoms with van der Waals surface area (Å²) in [7, 11) is 0. The Morgan fingerprint density at radius 3 is 2.70 bits per heavy atom. The number of aromatic nitrogens is 3. The van der Waals surface area contributed by atoms with Gasteiger partial charge in [-0.2, -0.15) is 10.4 Å². The van der Waals surface area contributed by atoms with Crippen molar-refractivity contribution >= 4 is 0 Å².